The number of pyridine rings is 1. The molecule has 0 aliphatic carbocycles. The normalized spacial score (nSPS) is 21.9. The van der Waals surface area contributed by atoms with Crippen molar-refractivity contribution in [1.82, 2.24) is 19.9 Å². The molecule has 0 amide bonds. The van der Waals surface area contributed by atoms with Crippen LogP contribution in [0.1, 0.15) is 24.4 Å². The Labute approximate surface area is 82.0 Å². The number of rotatable bonds is 1. The van der Waals surface area contributed by atoms with Gasteiger partial charge in [-0.3, -0.25) is 4.40 Å². The van der Waals surface area contributed by atoms with Gasteiger partial charge in [-0.05, 0) is 25.5 Å². The summed E-state index contributed by atoms with van der Waals surface area (Å²) in [6.07, 6.45) is 6.17. The van der Waals surface area contributed by atoms with E-state index in [-0.39, 0.29) is 0 Å². The Balaban J connectivity index is 2.14. The van der Waals surface area contributed by atoms with Gasteiger partial charge in [0.15, 0.2) is 5.65 Å². The van der Waals surface area contributed by atoms with E-state index < -0.39 is 0 Å². The summed E-state index contributed by atoms with van der Waals surface area (Å²) in [5.74, 6) is 0. The van der Waals surface area contributed by atoms with Crippen molar-refractivity contribution in [2.75, 3.05) is 6.54 Å². The maximum Gasteiger partial charge on any atom is 0.165 e. The molecule has 0 bridgehead atoms. The molecule has 3 heterocycles. The standard InChI is InChI=1S/C10H12N4/c1-4-9(11-5-1)8-3-2-6-14-7-12-13-10(8)14/h2-3,6-7,9,11H,1,4-5H2. The Morgan fingerprint density at radius 1 is 1.50 bits per heavy atom. The summed E-state index contributed by atoms with van der Waals surface area (Å²) in [5, 5.41) is 11.5. The molecule has 1 atom stereocenters. The minimum Gasteiger partial charge on any atom is -0.310 e. The summed E-state index contributed by atoms with van der Waals surface area (Å²) >= 11 is 0. The van der Waals surface area contributed by atoms with Crippen molar-refractivity contribution in [2.24, 2.45) is 0 Å². The highest BCUT2D eigenvalue weighted by molar-refractivity contribution is 5.48. The number of hydrogen-bond acceptors (Lipinski definition) is 3. The Kier molecular flexibility index (Phi) is 1.73. The fraction of sp³-hybridized carbons (Fsp3) is 0.400. The Hall–Kier alpha value is -1.42. The van der Waals surface area contributed by atoms with Crippen LogP contribution in [0.3, 0.4) is 0 Å². The average molecular weight is 188 g/mol. The predicted molar refractivity (Wildman–Crippen MR) is 53.0 cm³/mol. The van der Waals surface area contributed by atoms with E-state index in [1.807, 2.05) is 16.7 Å². The largest absolute Gasteiger partial charge is 0.310 e. The second kappa shape index (κ2) is 3.06. The van der Waals surface area contributed by atoms with E-state index in [1.165, 1.54) is 18.4 Å². The van der Waals surface area contributed by atoms with E-state index in [4.69, 9.17) is 0 Å². The van der Waals surface area contributed by atoms with E-state index in [9.17, 15) is 0 Å². The van der Waals surface area contributed by atoms with Crippen LogP contribution >= 0.6 is 0 Å². The molecule has 1 aliphatic heterocycles. The van der Waals surface area contributed by atoms with Gasteiger partial charge in [0.25, 0.3) is 0 Å². The highest BCUT2D eigenvalue weighted by atomic mass is 15.2. The van der Waals surface area contributed by atoms with Gasteiger partial charge in [0.05, 0.1) is 0 Å². The van der Waals surface area contributed by atoms with Gasteiger partial charge in [-0.25, -0.2) is 0 Å². The van der Waals surface area contributed by atoms with Crippen LogP contribution < -0.4 is 5.32 Å². The molecule has 1 fully saturated rings. The van der Waals surface area contributed by atoms with Crippen LogP contribution in [0.25, 0.3) is 5.65 Å². The van der Waals surface area contributed by atoms with E-state index >= 15 is 0 Å². The zero-order chi connectivity index (χ0) is 9.38. The molecule has 0 aromatic carbocycles. The van der Waals surface area contributed by atoms with E-state index in [1.54, 1.807) is 6.33 Å². The van der Waals surface area contributed by atoms with Crippen LogP contribution in [0.15, 0.2) is 24.7 Å². The van der Waals surface area contributed by atoms with Crippen molar-refractivity contribution in [1.29, 1.82) is 0 Å². The summed E-state index contributed by atoms with van der Waals surface area (Å²) in [6.45, 7) is 1.11. The van der Waals surface area contributed by atoms with Gasteiger partial charge in [0.2, 0.25) is 0 Å². The molecular weight excluding hydrogens is 176 g/mol. The molecule has 0 spiro atoms. The topological polar surface area (TPSA) is 42.2 Å². The molecule has 1 N–H and O–H groups in total. The van der Waals surface area contributed by atoms with Gasteiger partial charge >= 0.3 is 0 Å². The fourth-order valence-electron chi connectivity index (χ4n) is 2.09. The van der Waals surface area contributed by atoms with Gasteiger partial charge in [-0.15, -0.1) is 10.2 Å². The van der Waals surface area contributed by atoms with Crippen molar-refractivity contribution >= 4 is 5.65 Å². The first-order valence-electron chi connectivity index (χ1n) is 4.97. The SMILES string of the molecule is c1cc(C2CCCN2)c2nncn2c1. The highest BCUT2D eigenvalue weighted by Gasteiger charge is 2.19. The van der Waals surface area contributed by atoms with Crippen molar-refractivity contribution in [3.05, 3.63) is 30.2 Å². The third-order valence-electron chi connectivity index (χ3n) is 2.79. The van der Waals surface area contributed by atoms with Crippen LogP contribution in [-0.4, -0.2) is 21.1 Å². The molecule has 2 aromatic rings. The number of hydrogen-bond donors (Lipinski definition) is 1. The van der Waals surface area contributed by atoms with E-state index in [2.05, 4.69) is 21.6 Å². The van der Waals surface area contributed by atoms with Crippen LogP contribution in [-0.2, 0) is 0 Å². The van der Waals surface area contributed by atoms with Crippen LogP contribution in [0.5, 0.6) is 0 Å². The first-order valence-corrected chi connectivity index (χ1v) is 4.97. The van der Waals surface area contributed by atoms with Gasteiger partial charge in [0.1, 0.15) is 6.33 Å². The van der Waals surface area contributed by atoms with Crippen molar-refractivity contribution in [2.45, 2.75) is 18.9 Å². The van der Waals surface area contributed by atoms with Gasteiger partial charge in [0, 0.05) is 17.8 Å². The fourth-order valence-corrected chi connectivity index (χ4v) is 2.09. The summed E-state index contributed by atoms with van der Waals surface area (Å²) in [7, 11) is 0. The molecule has 2 aromatic heterocycles. The van der Waals surface area contributed by atoms with E-state index in [0.29, 0.717) is 6.04 Å². The Bertz CT molecular complexity index is 442. The third-order valence-corrected chi connectivity index (χ3v) is 2.79. The maximum absolute atomic E-state index is 4.14. The molecule has 1 saturated heterocycles. The smallest absolute Gasteiger partial charge is 0.165 e. The van der Waals surface area contributed by atoms with E-state index in [0.717, 1.165) is 12.2 Å². The average Bonchev–Trinajstić information content (AvgIpc) is 2.88. The lowest BCUT2D eigenvalue weighted by Gasteiger charge is -2.10. The molecule has 4 nitrogen and oxygen atoms in total. The molecule has 1 aliphatic rings. The highest BCUT2D eigenvalue weighted by Crippen LogP contribution is 2.25. The summed E-state index contributed by atoms with van der Waals surface area (Å²) in [5.41, 5.74) is 2.24. The molecule has 14 heavy (non-hydrogen) atoms. The monoisotopic (exact) mass is 188 g/mol. The maximum atomic E-state index is 4.14. The lowest BCUT2D eigenvalue weighted by atomic mass is 10.1. The molecule has 0 saturated carbocycles. The number of fused-ring (bicyclic) bond motifs is 1. The van der Waals surface area contributed by atoms with Gasteiger partial charge in [-0.1, -0.05) is 6.07 Å². The first kappa shape index (κ1) is 7.94. The number of nitrogens with one attached hydrogen (secondary N) is 1. The molecular formula is C10H12N4. The van der Waals surface area contributed by atoms with Crippen molar-refractivity contribution < 1.29 is 0 Å². The number of nitrogens with zero attached hydrogens (tertiary/aromatic N) is 3. The molecule has 4 heteroatoms. The van der Waals surface area contributed by atoms with Crippen LogP contribution in [0, 0.1) is 0 Å². The summed E-state index contributed by atoms with van der Waals surface area (Å²) < 4.78 is 1.97. The summed E-state index contributed by atoms with van der Waals surface area (Å²) in [4.78, 5) is 0. The first-order chi connectivity index (χ1) is 6.95. The second-order valence-corrected chi connectivity index (χ2v) is 3.67. The molecule has 3 rings (SSSR count). The molecule has 0 radical (unpaired) electrons. The summed E-state index contributed by atoms with van der Waals surface area (Å²) in [6, 6.07) is 4.64. The minimum absolute atomic E-state index is 0.461. The number of aromatic nitrogens is 3. The Morgan fingerprint density at radius 2 is 2.50 bits per heavy atom. The predicted octanol–water partition coefficient (Wildman–Crippen LogP) is 1.15. The molecule has 1 unspecified atom stereocenters. The zero-order valence-electron chi connectivity index (χ0n) is 7.85. The quantitative estimate of drug-likeness (QED) is 0.730. The van der Waals surface area contributed by atoms with Crippen LogP contribution in [0.2, 0.25) is 0 Å². The lowest BCUT2D eigenvalue weighted by Crippen LogP contribution is -2.13. The van der Waals surface area contributed by atoms with Crippen molar-refractivity contribution in [3.8, 4) is 0 Å². The minimum atomic E-state index is 0.461. The van der Waals surface area contributed by atoms with Crippen LogP contribution in [0.4, 0.5) is 0 Å². The van der Waals surface area contributed by atoms with Gasteiger partial charge in [-0.2, -0.15) is 0 Å². The zero-order valence-corrected chi connectivity index (χ0v) is 7.85. The second-order valence-electron chi connectivity index (χ2n) is 3.67. The van der Waals surface area contributed by atoms with Crippen molar-refractivity contribution in [3.63, 3.8) is 0 Å². The molecule has 72 valence electrons. The lowest BCUT2D eigenvalue weighted by molar-refractivity contribution is 0.648. The van der Waals surface area contributed by atoms with Gasteiger partial charge < -0.3 is 5.32 Å². The Morgan fingerprint density at radius 3 is 3.36 bits per heavy atom. The third kappa shape index (κ3) is 1.11.